The number of primary amides is 1. The Kier molecular flexibility index (Phi) is 5.17. The minimum Gasteiger partial charge on any atom is -0.493 e. The maximum Gasteiger partial charge on any atom is 0.217 e. The summed E-state index contributed by atoms with van der Waals surface area (Å²) >= 11 is 0. The van der Waals surface area contributed by atoms with Gasteiger partial charge in [0.15, 0.2) is 11.5 Å². The molecule has 2 N–H and O–H groups in total. The Balaban J connectivity index is 1.85. The van der Waals surface area contributed by atoms with E-state index < -0.39 is 5.41 Å². The number of hydrogen-bond acceptors (Lipinski definition) is 4. The highest BCUT2D eigenvalue weighted by molar-refractivity contribution is 5.74. The maximum atomic E-state index is 11.3. The number of hydrogen-bond donors (Lipinski definition) is 1. The number of ether oxygens (including phenoxy) is 2. The molecule has 1 amide bonds. The topological polar surface area (TPSA) is 85.3 Å². The van der Waals surface area contributed by atoms with Crippen LogP contribution in [0.3, 0.4) is 0 Å². The highest BCUT2D eigenvalue weighted by Crippen LogP contribution is 2.45. The summed E-state index contributed by atoms with van der Waals surface area (Å²) in [4.78, 5) is 11.3. The molecule has 2 unspecified atom stereocenters. The van der Waals surface area contributed by atoms with E-state index in [1.165, 1.54) is 12.8 Å². The molecule has 5 heteroatoms. The highest BCUT2D eigenvalue weighted by Gasteiger charge is 2.39. The second kappa shape index (κ2) is 7.35. The van der Waals surface area contributed by atoms with Gasteiger partial charge in [0.05, 0.1) is 25.2 Å². The van der Waals surface area contributed by atoms with Crippen molar-refractivity contribution >= 4 is 5.91 Å². The van der Waals surface area contributed by atoms with E-state index in [9.17, 15) is 10.1 Å². The third kappa shape index (κ3) is 4.07. The van der Waals surface area contributed by atoms with Crippen LogP contribution in [0.5, 0.6) is 11.5 Å². The zero-order valence-electron chi connectivity index (χ0n) is 14.8. The van der Waals surface area contributed by atoms with E-state index in [-0.39, 0.29) is 11.8 Å². The Hall–Kier alpha value is -2.22. The zero-order valence-corrected chi connectivity index (χ0v) is 14.8. The van der Waals surface area contributed by atoms with Gasteiger partial charge in [-0.3, -0.25) is 4.79 Å². The molecule has 0 spiro atoms. The molecule has 0 bridgehead atoms. The molecule has 2 atom stereocenters. The Labute approximate surface area is 149 Å². The van der Waals surface area contributed by atoms with Crippen molar-refractivity contribution in [2.45, 2.75) is 50.4 Å². The second-order valence-corrected chi connectivity index (χ2v) is 7.45. The summed E-state index contributed by atoms with van der Waals surface area (Å²) in [5.41, 5.74) is 5.74. The van der Waals surface area contributed by atoms with Gasteiger partial charge in [-0.1, -0.05) is 12.5 Å². The monoisotopic (exact) mass is 342 g/mol. The first-order valence-electron chi connectivity index (χ1n) is 9.07. The van der Waals surface area contributed by atoms with Crippen molar-refractivity contribution in [3.63, 3.8) is 0 Å². The molecule has 25 heavy (non-hydrogen) atoms. The summed E-state index contributed by atoms with van der Waals surface area (Å²) < 4.78 is 11.4. The molecule has 3 rings (SSSR count). The first-order chi connectivity index (χ1) is 12.1. The fourth-order valence-corrected chi connectivity index (χ4v) is 3.86. The van der Waals surface area contributed by atoms with Gasteiger partial charge in [0.25, 0.3) is 0 Å². The van der Waals surface area contributed by atoms with Crippen molar-refractivity contribution < 1.29 is 14.3 Å². The Morgan fingerprint density at radius 1 is 1.32 bits per heavy atom. The predicted octanol–water partition coefficient (Wildman–Crippen LogP) is 3.31. The molecule has 2 aliphatic rings. The molecule has 1 aromatic rings. The standard InChI is InChI=1S/C20H26N2O3/c1-24-17-7-6-16(10-18(17)25-12-14-4-5-14)20(13-21)8-2-3-15(11-20)9-19(22)23/h6-7,10,14-15H,2-5,8-9,11-12H2,1H3,(H2,22,23). The van der Waals surface area contributed by atoms with Crippen molar-refractivity contribution in [3.8, 4) is 17.6 Å². The smallest absolute Gasteiger partial charge is 0.217 e. The van der Waals surface area contributed by atoms with E-state index in [2.05, 4.69) is 6.07 Å². The summed E-state index contributed by atoms with van der Waals surface area (Å²) in [6, 6.07) is 8.33. The number of carbonyl (C=O) groups is 1. The van der Waals surface area contributed by atoms with Crippen LogP contribution in [-0.2, 0) is 10.2 Å². The number of nitrogens with two attached hydrogens (primary N) is 1. The lowest BCUT2D eigenvalue weighted by Crippen LogP contribution is -2.33. The number of methoxy groups -OCH3 is 1. The number of rotatable bonds is 7. The second-order valence-electron chi connectivity index (χ2n) is 7.45. The summed E-state index contributed by atoms with van der Waals surface area (Å²) in [6.07, 6.45) is 6.14. The van der Waals surface area contributed by atoms with Crippen LogP contribution in [0, 0.1) is 23.2 Å². The van der Waals surface area contributed by atoms with E-state index >= 15 is 0 Å². The average Bonchev–Trinajstić information content (AvgIpc) is 3.43. The zero-order chi connectivity index (χ0) is 17.9. The van der Waals surface area contributed by atoms with Crippen LogP contribution in [0.25, 0.3) is 0 Å². The molecule has 1 aromatic carbocycles. The molecule has 2 saturated carbocycles. The molecule has 0 radical (unpaired) electrons. The highest BCUT2D eigenvalue weighted by atomic mass is 16.5. The molecule has 2 fully saturated rings. The van der Waals surface area contributed by atoms with Gasteiger partial charge < -0.3 is 15.2 Å². The van der Waals surface area contributed by atoms with Gasteiger partial charge in [0.1, 0.15) is 0 Å². The molecular formula is C20H26N2O3. The Morgan fingerprint density at radius 2 is 2.12 bits per heavy atom. The summed E-state index contributed by atoms with van der Waals surface area (Å²) in [5, 5.41) is 9.95. The number of benzene rings is 1. The predicted molar refractivity (Wildman–Crippen MR) is 94.3 cm³/mol. The third-order valence-electron chi connectivity index (χ3n) is 5.44. The molecule has 0 heterocycles. The molecule has 0 aliphatic heterocycles. The van der Waals surface area contributed by atoms with E-state index in [4.69, 9.17) is 15.2 Å². The van der Waals surface area contributed by atoms with Crippen molar-refractivity contribution in [1.82, 2.24) is 0 Å². The van der Waals surface area contributed by atoms with E-state index in [0.29, 0.717) is 36.9 Å². The molecule has 134 valence electrons. The van der Waals surface area contributed by atoms with Gasteiger partial charge >= 0.3 is 0 Å². The lowest BCUT2D eigenvalue weighted by Gasteiger charge is -2.36. The first kappa shape index (κ1) is 17.6. The van der Waals surface area contributed by atoms with E-state index in [0.717, 1.165) is 24.8 Å². The summed E-state index contributed by atoms with van der Waals surface area (Å²) in [7, 11) is 1.63. The van der Waals surface area contributed by atoms with Gasteiger partial charge in [-0.05, 0) is 61.6 Å². The lowest BCUT2D eigenvalue weighted by molar-refractivity contribution is -0.119. The first-order valence-corrected chi connectivity index (χ1v) is 9.07. The van der Waals surface area contributed by atoms with Crippen LogP contribution in [0.1, 0.15) is 50.5 Å². The molecule has 5 nitrogen and oxygen atoms in total. The normalized spacial score (nSPS) is 25.8. The summed E-state index contributed by atoms with van der Waals surface area (Å²) in [5.74, 6) is 1.93. The Morgan fingerprint density at radius 3 is 2.76 bits per heavy atom. The van der Waals surface area contributed by atoms with Crippen LogP contribution < -0.4 is 15.2 Å². The lowest BCUT2D eigenvalue weighted by atomic mass is 9.66. The fourth-order valence-electron chi connectivity index (χ4n) is 3.86. The van der Waals surface area contributed by atoms with Crippen molar-refractivity contribution in [2.24, 2.45) is 17.6 Å². The minimum absolute atomic E-state index is 0.170. The maximum absolute atomic E-state index is 11.3. The average molecular weight is 342 g/mol. The van der Waals surface area contributed by atoms with Crippen molar-refractivity contribution in [3.05, 3.63) is 23.8 Å². The number of carbonyl (C=O) groups excluding carboxylic acids is 1. The molecule has 2 aliphatic carbocycles. The molecule has 0 aromatic heterocycles. The van der Waals surface area contributed by atoms with Crippen molar-refractivity contribution in [2.75, 3.05) is 13.7 Å². The molecular weight excluding hydrogens is 316 g/mol. The van der Waals surface area contributed by atoms with Crippen LogP contribution in [0.15, 0.2) is 18.2 Å². The van der Waals surface area contributed by atoms with Gasteiger partial charge in [0, 0.05) is 6.42 Å². The van der Waals surface area contributed by atoms with Crippen LogP contribution in [0.2, 0.25) is 0 Å². The van der Waals surface area contributed by atoms with E-state index in [1.54, 1.807) is 7.11 Å². The van der Waals surface area contributed by atoms with Gasteiger partial charge in [-0.15, -0.1) is 0 Å². The van der Waals surface area contributed by atoms with E-state index in [1.807, 2.05) is 18.2 Å². The Bertz CT molecular complexity index is 678. The minimum atomic E-state index is -0.581. The fraction of sp³-hybridized carbons (Fsp3) is 0.600. The molecule has 0 saturated heterocycles. The van der Waals surface area contributed by atoms with Crippen molar-refractivity contribution in [1.29, 1.82) is 5.26 Å². The summed E-state index contributed by atoms with van der Waals surface area (Å²) in [6.45, 7) is 0.698. The van der Waals surface area contributed by atoms with Crippen LogP contribution in [-0.4, -0.2) is 19.6 Å². The number of amides is 1. The van der Waals surface area contributed by atoms with Gasteiger partial charge in [-0.2, -0.15) is 5.26 Å². The number of nitriles is 1. The van der Waals surface area contributed by atoms with Gasteiger partial charge in [0.2, 0.25) is 5.91 Å². The SMILES string of the molecule is COc1ccc(C2(C#N)CCCC(CC(N)=O)C2)cc1OCC1CC1. The van der Waals surface area contributed by atoms with Gasteiger partial charge in [-0.25, -0.2) is 0 Å². The quantitative estimate of drug-likeness (QED) is 0.824. The van der Waals surface area contributed by atoms with Crippen LogP contribution in [0.4, 0.5) is 0 Å². The van der Waals surface area contributed by atoms with Crippen LogP contribution >= 0.6 is 0 Å². The number of nitrogens with zero attached hydrogens (tertiary/aromatic N) is 1. The third-order valence-corrected chi connectivity index (χ3v) is 5.44. The largest absolute Gasteiger partial charge is 0.493 e.